The van der Waals surface area contributed by atoms with Gasteiger partial charge >= 0.3 is 5.97 Å². The number of carbonyl (C=O) groups excluding carboxylic acids is 2. The fraction of sp³-hybridized carbons (Fsp3) is 0.227. The number of rotatable bonds is 10. The fourth-order valence-electron chi connectivity index (χ4n) is 3.03. The fourth-order valence-corrected chi connectivity index (χ4v) is 3.57. The molecule has 178 valence electrons. The van der Waals surface area contributed by atoms with Gasteiger partial charge in [-0.2, -0.15) is 0 Å². The number of methoxy groups -OCH3 is 3. The van der Waals surface area contributed by atoms with Crippen LogP contribution in [0, 0.1) is 10.1 Å². The van der Waals surface area contributed by atoms with Crippen molar-refractivity contribution in [2.24, 2.45) is 0 Å². The summed E-state index contributed by atoms with van der Waals surface area (Å²) in [5, 5.41) is 16.1. The van der Waals surface area contributed by atoms with Crippen molar-refractivity contribution in [1.82, 2.24) is 10.3 Å². The SMILES string of the molecule is COC(=O)c1cc(CNC(=O)c2cc(OC)c(OCc3cscn3)cc2[N+](=O)[O-])ccc1OC. The van der Waals surface area contributed by atoms with Gasteiger partial charge in [-0.25, -0.2) is 9.78 Å². The van der Waals surface area contributed by atoms with Crippen LogP contribution in [0.15, 0.2) is 41.2 Å². The molecular weight excluding hydrogens is 466 g/mol. The molecule has 0 saturated carbocycles. The van der Waals surface area contributed by atoms with E-state index in [1.54, 1.807) is 23.0 Å². The van der Waals surface area contributed by atoms with Crippen LogP contribution < -0.4 is 19.5 Å². The molecule has 0 spiro atoms. The van der Waals surface area contributed by atoms with E-state index in [4.69, 9.17) is 18.9 Å². The van der Waals surface area contributed by atoms with E-state index in [0.29, 0.717) is 17.0 Å². The van der Waals surface area contributed by atoms with E-state index in [1.165, 1.54) is 44.8 Å². The van der Waals surface area contributed by atoms with Gasteiger partial charge in [-0.3, -0.25) is 14.9 Å². The lowest BCUT2D eigenvalue weighted by Crippen LogP contribution is -2.24. The zero-order valence-electron chi connectivity index (χ0n) is 18.5. The smallest absolute Gasteiger partial charge is 0.341 e. The highest BCUT2D eigenvalue weighted by molar-refractivity contribution is 7.07. The van der Waals surface area contributed by atoms with Crippen LogP contribution in [0.3, 0.4) is 0 Å². The Bertz CT molecular complexity index is 1200. The lowest BCUT2D eigenvalue weighted by atomic mass is 10.1. The van der Waals surface area contributed by atoms with Gasteiger partial charge in [-0.05, 0) is 17.7 Å². The zero-order chi connectivity index (χ0) is 24.7. The molecule has 0 atom stereocenters. The minimum absolute atomic E-state index is 0.00559. The first kappa shape index (κ1) is 24.5. The van der Waals surface area contributed by atoms with E-state index in [2.05, 4.69) is 10.3 Å². The molecule has 1 N–H and O–H groups in total. The summed E-state index contributed by atoms with van der Waals surface area (Å²) in [6, 6.07) is 7.11. The first-order valence-electron chi connectivity index (χ1n) is 9.77. The second kappa shape index (κ2) is 11.1. The Morgan fingerprint density at radius 2 is 1.82 bits per heavy atom. The normalized spacial score (nSPS) is 10.3. The van der Waals surface area contributed by atoms with Crippen LogP contribution >= 0.6 is 11.3 Å². The predicted molar refractivity (Wildman–Crippen MR) is 122 cm³/mol. The number of nitro groups is 1. The van der Waals surface area contributed by atoms with E-state index in [1.807, 2.05) is 0 Å². The molecule has 0 aliphatic carbocycles. The number of esters is 1. The number of benzene rings is 2. The third kappa shape index (κ3) is 5.59. The molecule has 11 nitrogen and oxygen atoms in total. The summed E-state index contributed by atoms with van der Waals surface area (Å²) in [6.07, 6.45) is 0. The molecule has 0 radical (unpaired) electrons. The van der Waals surface area contributed by atoms with Crippen molar-refractivity contribution in [3.63, 3.8) is 0 Å². The maximum absolute atomic E-state index is 12.8. The molecule has 0 saturated heterocycles. The summed E-state index contributed by atoms with van der Waals surface area (Å²) >= 11 is 1.39. The van der Waals surface area contributed by atoms with E-state index >= 15 is 0 Å². The molecule has 1 aromatic heterocycles. The summed E-state index contributed by atoms with van der Waals surface area (Å²) in [7, 11) is 4.03. The van der Waals surface area contributed by atoms with Crippen LogP contribution in [0.1, 0.15) is 32.0 Å². The van der Waals surface area contributed by atoms with Crippen molar-refractivity contribution in [2.75, 3.05) is 21.3 Å². The van der Waals surface area contributed by atoms with E-state index in [-0.39, 0.29) is 35.8 Å². The maximum Gasteiger partial charge on any atom is 0.341 e. The number of hydrogen-bond donors (Lipinski definition) is 1. The van der Waals surface area contributed by atoms with E-state index in [0.717, 1.165) is 6.07 Å². The van der Waals surface area contributed by atoms with Gasteiger partial charge in [0, 0.05) is 18.0 Å². The quantitative estimate of drug-likeness (QED) is 0.259. The molecule has 2 aromatic carbocycles. The van der Waals surface area contributed by atoms with Gasteiger partial charge in [0.05, 0.1) is 43.5 Å². The highest BCUT2D eigenvalue weighted by Crippen LogP contribution is 2.35. The largest absolute Gasteiger partial charge is 0.496 e. The summed E-state index contributed by atoms with van der Waals surface area (Å²) in [5.41, 5.74) is 2.39. The number of nitrogens with one attached hydrogen (secondary N) is 1. The first-order valence-corrected chi connectivity index (χ1v) is 10.7. The van der Waals surface area contributed by atoms with Gasteiger partial charge < -0.3 is 24.3 Å². The third-order valence-corrected chi connectivity index (χ3v) is 5.34. The molecule has 3 aromatic rings. The van der Waals surface area contributed by atoms with Gasteiger partial charge in [-0.15, -0.1) is 11.3 Å². The summed E-state index contributed by atoms with van der Waals surface area (Å²) in [5.74, 6) is -0.722. The zero-order valence-corrected chi connectivity index (χ0v) is 19.3. The van der Waals surface area contributed by atoms with Crippen molar-refractivity contribution in [2.45, 2.75) is 13.2 Å². The highest BCUT2D eigenvalue weighted by atomic mass is 32.1. The van der Waals surface area contributed by atoms with Crippen molar-refractivity contribution in [1.29, 1.82) is 0 Å². The Morgan fingerprint density at radius 3 is 2.44 bits per heavy atom. The van der Waals surface area contributed by atoms with Crippen LogP contribution in [-0.2, 0) is 17.9 Å². The minimum Gasteiger partial charge on any atom is -0.496 e. The van der Waals surface area contributed by atoms with Crippen molar-refractivity contribution >= 4 is 28.9 Å². The lowest BCUT2D eigenvalue weighted by molar-refractivity contribution is -0.385. The highest BCUT2D eigenvalue weighted by Gasteiger charge is 2.25. The summed E-state index contributed by atoms with van der Waals surface area (Å²) in [4.78, 5) is 39.9. The van der Waals surface area contributed by atoms with Gasteiger partial charge in [0.25, 0.3) is 11.6 Å². The number of amides is 1. The monoisotopic (exact) mass is 487 g/mol. The first-order chi connectivity index (χ1) is 16.4. The third-order valence-electron chi connectivity index (χ3n) is 4.70. The van der Waals surface area contributed by atoms with Crippen molar-refractivity contribution < 1.29 is 33.5 Å². The Labute approximate surface area is 198 Å². The van der Waals surface area contributed by atoms with E-state index < -0.39 is 22.5 Å². The molecular formula is C22H21N3O8S. The molecule has 1 amide bonds. The van der Waals surface area contributed by atoms with Gasteiger partial charge in [0.15, 0.2) is 11.5 Å². The second-order valence-corrected chi connectivity index (χ2v) is 7.47. The number of nitrogens with zero attached hydrogens (tertiary/aromatic N) is 2. The van der Waals surface area contributed by atoms with Crippen LogP contribution in [0.5, 0.6) is 17.2 Å². The predicted octanol–water partition coefficient (Wildman–Crippen LogP) is 3.36. The summed E-state index contributed by atoms with van der Waals surface area (Å²) < 4.78 is 20.8. The average Bonchev–Trinajstić information content (AvgIpc) is 3.38. The number of ether oxygens (including phenoxy) is 4. The van der Waals surface area contributed by atoms with Gasteiger partial charge in [0.2, 0.25) is 0 Å². The topological polar surface area (TPSA) is 139 Å². The van der Waals surface area contributed by atoms with Crippen LogP contribution in [0.2, 0.25) is 0 Å². The number of carbonyl (C=O) groups is 2. The minimum atomic E-state index is -0.702. The lowest BCUT2D eigenvalue weighted by Gasteiger charge is -2.13. The van der Waals surface area contributed by atoms with Crippen LogP contribution in [0.25, 0.3) is 0 Å². The molecule has 0 aliphatic heterocycles. The van der Waals surface area contributed by atoms with Gasteiger partial charge in [0.1, 0.15) is 23.5 Å². The molecule has 12 heteroatoms. The Hall–Kier alpha value is -4.19. The number of thiazole rings is 1. The molecule has 0 fully saturated rings. The van der Waals surface area contributed by atoms with E-state index in [9.17, 15) is 19.7 Å². The molecule has 0 unspecified atom stereocenters. The molecule has 3 rings (SSSR count). The summed E-state index contributed by atoms with van der Waals surface area (Å²) in [6.45, 7) is 0.0803. The number of aromatic nitrogens is 1. The Morgan fingerprint density at radius 1 is 1.06 bits per heavy atom. The van der Waals surface area contributed by atoms with Crippen LogP contribution in [-0.4, -0.2) is 43.1 Å². The standard InChI is InChI=1S/C22H21N3O8S/c1-30-18-5-4-13(6-16(18)22(27)32-3)9-23-21(26)15-7-19(31-2)20(8-17(15)25(28)29)33-10-14-11-34-12-24-14/h4-8,11-12H,9-10H2,1-3H3,(H,23,26). The Balaban J connectivity index is 1.82. The molecule has 0 bridgehead atoms. The van der Waals surface area contributed by atoms with Crippen LogP contribution in [0.4, 0.5) is 5.69 Å². The molecule has 1 heterocycles. The van der Waals surface area contributed by atoms with Crippen molar-refractivity contribution in [3.8, 4) is 17.2 Å². The molecule has 34 heavy (non-hydrogen) atoms. The van der Waals surface area contributed by atoms with Gasteiger partial charge in [-0.1, -0.05) is 6.07 Å². The number of hydrogen-bond acceptors (Lipinski definition) is 10. The molecule has 0 aliphatic rings. The second-order valence-electron chi connectivity index (χ2n) is 6.75. The average molecular weight is 487 g/mol. The number of nitro benzene ring substituents is 1. The van der Waals surface area contributed by atoms with Crippen molar-refractivity contribution in [3.05, 3.63) is 73.7 Å². The Kier molecular flexibility index (Phi) is 7.98. The maximum atomic E-state index is 12.8.